The second-order valence-corrected chi connectivity index (χ2v) is 7.02. The summed E-state index contributed by atoms with van der Waals surface area (Å²) in [5.41, 5.74) is 2.71. The molecule has 6 nitrogen and oxygen atoms in total. The van der Waals surface area contributed by atoms with Gasteiger partial charge in [-0.3, -0.25) is 14.2 Å². The van der Waals surface area contributed by atoms with E-state index in [-0.39, 0.29) is 23.8 Å². The third kappa shape index (κ3) is 3.98. The minimum Gasteiger partial charge on any atom is -0.481 e. The largest absolute Gasteiger partial charge is 0.573 e. The molecule has 31 heavy (non-hydrogen) atoms. The number of pyridine rings is 1. The zero-order chi connectivity index (χ0) is 22.3. The highest BCUT2D eigenvalue weighted by atomic mass is 19.4. The van der Waals surface area contributed by atoms with Crippen LogP contribution in [0.3, 0.4) is 0 Å². The van der Waals surface area contributed by atoms with Crippen LogP contribution in [-0.2, 0) is 4.79 Å². The SMILES string of the molecule is Cc1cc(=O)n(-c2ccc(OC(F)(F)F)cc2)cc1-c1cccc2c1OCC(=O)N2C. The topological polar surface area (TPSA) is 60.8 Å². The highest BCUT2D eigenvalue weighted by Gasteiger charge is 2.31. The maximum atomic E-state index is 12.6. The van der Waals surface area contributed by atoms with E-state index in [4.69, 9.17) is 4.74 Å². The molecule has 0 unspecified atom stereocenters. The first-order valence-corrected chi connectivity index (χ1v) is 9.26. The number of rotatable bonds is 3. The normalized spacial score (nSPS) is 13.6. The average Bonchev–Trinajstić information content (AvgIpc) is 2.70. The number of anilines is 1. The van der Waals surface area contributed by atoms with Gasteiger partial charge in [-0.15, -0.1) is 13.2 Å². The summed E-state index contributed by atoms with van der Waals surface area (Å²) in [6.45, 7) is 1.68. The number of aromatic nitrogens is 1. The lowest BCUT2D eigenvalue weighted by molar-refractivity contribution is -0.274. The molecule has 3 aromatic rings. The van der Waals surface area contributed by atoms with Crippen molar-refractivity contribution < 1.29 is 27.4 Å². The van der Waals surface area contributed by atoms with E-state index in [2.05, 4.69) is 4.74 Å². The Kier molecular flexibility index (Phi) is 4.96. The number of nitrogens with zero attached hydrogens (tertiary/aromatic N) is 2. The van der Waals surface area contributed by atoms with E-state index in [0.717, 1.165) is 12.1 Å². The van der Waals surface area contributed by atoms with E-state index >= 15 is 0 Å². The fourth-order valence-corrected chi connectivity index (χ4v) is 3.44. The third-order valence-electron chi connectivity index (χ3n) is 4.97. The van der Waals surface area contributed by atoms with E-state index in [9.17, 15) is 22.8 Å². The fourth-order valence-electron chi connectivity index (χ4n) is 3.44. The van der Waals surface area contributed by atoms with Gasteiger partial charge in [0.05, 0.1) is 5.69 Å². The van der Waals surface area contributed by atoms with Gasteiger partial charge >= 0.3 is 6.36 Å². The summed E-state index contributed by atoms with van der Waals surface area (Å²) in [4.78, 5) is 26.0. The summed E-state index contributed by atoms with van der Waals surface area (Å²) >= 11 is 0. The van der Waals surface area contributed by atoms with Crippen molar-refractivity contribution in [3.8, 4) is 28.3 Å². The van der Waals surface area contributed by atoms with Gasteiger partial charge in [0, 0.05) is 36.1 Å². The lowest BCUT2D eigenvalue weighted by Gasteiger charge is -2.28. The Morgan fingerprint density at radius 2 is 1.74 bits per heavy atom. The molecule has 9 heteroatoms. The molecule has 160 valence electrons. The quantitative estimate of drug-likeness (QED) is 0.629. The van der Waals surface area contributed by atoms with Gasteiger partial charge in [0.2, 0.25) is 0 Å². The minimum absolute atomic E-state index is 0.0974. The molecule has 1 aromatic heterocycles. The Labute approximate surface area is 175 Å². The highest BCUT2D eigenvalue weighted by Crippen LogP contribution is 2.41. The van der Waals surface area contributed by atoms with Crippen LogP contribution in [0.1, 0.15) is 5.56 Å². The van der Waals surface area contributed by atoms with Gasteiger partial charge in [-0.05, 0) is 42.8 Å². The number of carbonyl (C=O) groups excluding carboxylic acids is 1. The predicted octanol–water partition coefficient (Wildman–Crippen LogP) is 4.07. The van der Waals surface area contributed by atoms with Gasteiger partial charge in [-0.25, -0.2) is 0 Å². The van der Waals surface area contributed by atoms with Gasteiger partial charge in [0.1, 0.15) is 5.75 Å². The number of carbonyl (C=O) groups is 1. The van der Waals surface area contributed by atoms with E-state index < -0.39 is 6.36 Å². The molecule has 1 aliphatic heterocycles. The van der Waals surface area contributed by atoms with Crippen LogP contribution in [0.4, 0.5) is 18.9 Å². The molecule has 2 heterocycles. The van der Waals surface area contributed by atoms with Crippen molar-refractivity contribution in [1.82, 2.24) is 4.57 Å². The molecule has 0 aliphatic carbocycles. The molecule has 0 saturated heterocycles. The Balaban J connectivity index is 1.79. The van der Waals surface area contributed by atoms with Crippen LogP contribution < -0.4 is 19.9 Å². The molecule has 0 atom stereocenters. The number of benzene rings is 2. The number of amides is 1. The number of para-hydroxylation sites is 1. The lowest BCUT2D eigenvalue weighted by atomic mass is 10.00. The Morgan fingerprint density at radius 3 is 2.42 bits per heavy atom. The van der Waals surface area contributed by atoms with Gasteiger partial charge in [0.25, 0.3) is 11.5 Å². The molecule has 0 bridgehead atoms. The maximum absolute atomic E-state index is 12.6. The molecule has 1 aliphatic rings. The molecule has 0 N–H and O–H groups in total. The van der Waals surface area contributed by atoms with E-state index in [1.165, 1.54) is 27.7 Å². The number of likely N-dealkylation sites (N-methyl/N-ethyl adjacent to an activating group) is 1. The summed E-state index contributed by atoms with van der Waals surface area (Å²) in [5, 5.41) is 0. The molecular formula is C22H17F3N2O4. The summed E-state index contributed by atoms with van der Waals surface area (Å²) in [5.74, 6) is -0.0331. The van der Waals surface area contributed by atoms with Gasteiger partial charge in [-0.1, -0.05) is 12.1 Å². The monoisotopic (exact) mass is 430 g/mol. The van der Waals surface area contributed by atoms with Crippen LogP contribution >= 0.6 is 0 Å². The van der Waals surface area contributed by atoms with Crippen molar-refractivity contribution in [2.45, 2.75) is 13.3 Å². The Morgan fingerprint density at radius 1 is 1.03 bits per heavy atom. The molecule has 2 aromatic carbocycles. The van der Waals surface area contributed by atoms with Crippen molar-refractivity contribution in [3.63, 3.8) is 0 Å². The molecule has 0 spiro atoms. The first-order chi connectivity index (χ1) is 14.6. The summed E-state index contributed by atoms with van der Waals surface area (Å²) < 4.78 is 48.1. The maximum Gasteiger partial charge on any atom is 0.573 e. The van der Waals surface area contributed by atoms with E-state index in [1.54, 1.807) is 32.3 Å². The molecule has 0 radical (unpaired) electrons. The number of ether oxygens (including phenoxy) is 2. The standard InChI is InChI=1S/C22H17F3N2O4/c1-13-10-19(28)27(14-6-8-15(9-7-14)31-22(23,24)25)11-17(13)16-4-3-5-18-21(16)30-12-20(29)26(18)2/h3-11H,12H2,1-2H3. The van der Waals surface area contributed by atoms with Crippen molar-refractivity contribution in [1.29, 1.82) is 0 Å². The van der Waals surface area contributed by atoms with Crippen LogP contribution in [0.2, 0.25) is 0 Å². The third-order valence-corrected chi connectivity index (χ3v) is 4.97. The Bertz CT molecular complexity index is 1220. The summed E-state index contributed by atoms with van der Waals surface area (Å²) in [6.07, 6.45) is -3.19. The first kappa shape index (κ1) is 20.5. The number of alkyl halides is 3. The smallest absolute Gasteiger partial charge is 0.481 e. The van der Waals surface area contributed by atoms with Crippen molar-refractivity contribution in [2.24, 2.45) is 0 Å². The van der Waals surface area contributed by atoms with E-state index in [1.807, 2.05) is 6.07 Å². The van der Waals surface area contributed by atoms with Gasteiger partial charge in [0.15, 0.2) is 12.4 Å². The van der Waals surface area contributed by atoms with E-state index in [0.29, 0.717) is 33.8 Å². The first-order valence-electron chi connectivity index (χ1n) is 9.26. The predicted molar refractivity (Wildman–Crippen MR) is 108 cm³/mol. The number of halogens is 3. The van der Waals surface area contributed by atoms with Gasteiger partial charge in [-0.2, -0.15) is 0 Å². The second kappa shape index (κ2) is 7.50. The number of aryl methyl sites for hydroxylation is 1. The molecule has 0 saturated carbocycles. The average molecular weight is 430 g/mol. The molecule has 1 amide bonds. The van der Waals surface area contributed by atoms with Gasteiger partial charge < -0.3 is 14.4 Å². The molecular weight excluding hydrogens is 413 g/mol. The highest BCUT2D eigenvalue weighted by molar-refractivity contribution is 5.99. The number of hydrogen-bond acceptors (Lipinski definition) is 4. The van der Waals surface area contributed by atoms with Crippen LogP contribution in [0, 0.1) is 6.92 Å². The lowest BCUT2D eigenvalue weighted by Crippen LogP contribution is -2.35. The fraction of sp³-hybridized carbons (Fsp3) is 0.182. The number of hydrogen-bond donors (Lipinski definition) is 0. The van der Waals surface area contributed by atoms with Crippen LogP contribution in [0.5, 0.6) is 11.5 Å². The second-order valence-electron chi connectivity index (χ2n) is 7.02. The molecule has 0 fully saturated rings. The summed E-state index contributed by atoms with van der Waals surface area (Å²) in [6, 6.07) is 11.8. The Hall–Kier alpha value is -3.75. The summed E-state index contributed by atoms with van der Waals surface area (Å²) in [7, 11) is 1.66. The minimum atomic E-state index is -4.80. The zero-order valence-corrected chi connectivity index (χ0v) is 16.6. The molecule has 4 rings (SSSR count). The van der Waals surface area contributed by atoms with Crippen molar-refractivity contribution in [3.05, 3.63) is 70.6 Å². The van der Waals surface area contributed by atoms with Crippen LogP contribution in [-0.4, -0.2) is 30.5 Å². The van der Waals surface area contributed by atoms with Crippen molar-refractivity contribution in [2.75, 3.05) is 18.6 Å². The van der Waals surface area contributed by atoms with Crippen LogP contribution in [0.15, 0.2) is 59.5 Å². The zero-order valence-electron chi connectivity index (χ0n) is 16.6. The van der Waals surface area contributed by atoms with Crippen molar-refractivity contribution >= 4 is 11.6 Å². The number of fused-ring (bicyclic) bond motifs is 1. The van der Waals surface area contributed by atoms with Crippen LogP contribution in [0.25, 0.3) is 16.8 Å².